The Morgan fingerprint density at radius 3 is 2.38 bits per heavy atom. The van der Waals surface area contributed by atoms with Crippen molar-refractivity contribution in [1.82, 2.24) is 14.9 Å². The van der Waals surface area contributed by atoms with Crippen molar-refractivity contribution >= 4 is 52.3 Å². The molecule has 0 spiro atoms. The molecular formula is C34H37Cl2FN6O2. The van der Waals surface area contributed by atoms with Crippen LogP contribution in [0.3, 0.4) is 0 Å². The number of nitrogens with one attached hydrogen (secondary N) is 1. The van der Waals surface area contributed by atoms with Crippen molar-refractivity contribution in [2.24, 2.45) is 0 Å². The van der Waals surface area contributed by atoms with E-state index in [1.165, 1.54) is 25.2 Å². The number of nitrogens with zero attached hydrogens (tertiary/aromatic N) is 5. The van der Waals surface area contributed by atoms with E-state index in [0.29, 0.717) is 22.4 Å². The van der Waals surface area contributed by atoms with Crippen LogP contribution in [0.15, 0.2) is 54.6 Å². The van der Waals surface area contributed by atoms with Gasteiger partial charge in [-0.15, -0.1) is 0 Å². The van der Waals surface area contributed by atoms with Gasteiger partial charge in [0.15, 0.2) is 0 Å². The van der Waals surface area contributed by atoms with Gasteiger partial charge in [0, 0.05) is 61.6 Å². The van der Waals surface area contributed by atoms with E-state index in [9.17, 15) is 9.18 Å². The Hall–Kier alpha value is -3.92. The van der Waals surface area contributed by atoms with Crippen LogP contribution in [0, 0.1) is 26.6 Å². The molecule has 45 heavy (non-hydrogen) atoms. The summed E-state index contributed by atoms with van der Waals surface area (Å²) >= 11 is 12.8. The molecule has 0 radical (unpaired) electrons. The number of ether oxygens (including phenoxy) is 1. The summed E-state index contributed by atoms with van der Waals surface area (Å²) in [6.07, 6.45) is -0.839. The van der Waals surface area contributed by atoms with Crippen molar-refractivity contribution in [2.45, 2.75) is 40.7 Å². The van der Waals surface area contributed by atoms with Crippen LogP contribution in [0.5, 0.6) is 5.88 Å². The Kier molecular flexibility index (Phi) is 9.82. The van der Waals surface area contributed by atoms with Crippen LogP contribution < -0.4 is 19.9 Å². The number of halogens is 3. The van der Waals surface area contributed by atoms with Crippen LogP contribution in [0.4, 0.5) is 32.2 Å². The molecule has 1 fully saturated rings. The Balaban J connectivity index is 1.44. The van der Waals surface area contributed by atoms with Gasteiger partial charge in [0.2, 0.25) is 11.8 Å². The summed E-state index contributed by atoms with van der Waals surface area (Å²) in [6, 6.07) is 15.8. The van der Waals surface area contributed by atoms with Gasteiger partial charge in [0.1, 0.15) is 5.82 Å². The first kappa shape index (κ1) is 32.5. The number of piperazine rings is 1. The molecule has 1 aromatic heterocycles. The molecule has 1 amide bonds. The zero-order chi connectivity index (χ0) is 32.4. The van der Waals surface area contributed by atoms with Crippen LogP contribution in [0.25, 0.3) is 11.3 Å². The van der Waals surface area contributed by atoms with E-state index in [0.717, 1.165) is 59.0 Å². The summed E-state index contributed by atoms with van der Waals surface area (Å²) in [5, 5.41) is 4.12. The molecule has 0 saturated carbocycles. The summed E-state index contributed by atoms with van der Waals surface area (Å²) < 4.78 is 20.2. The molecule has 11 heteroatoms. The van der Waals surface area contributed by atoms with Gasteiger partial charge >= 0.3 is 6.09 Å². The maximum absolute atomic E-state index is 14.5. The maximum Gasteiger partial charge on any atom is 0.420 e. The number of hydrogen-bond acceptors (Lipinski definition) is 7. The molecule has 0 bridgehead atoms. The molecule has 0 atom stereocenters. The lowest BCUT2D eigenvalue weighted by Gasteiger charge is -2.38. The highest BCUT2D eigenvalue weighted by molar-refractivity contribution is 6.33. The largest absolute Gasteiger partial charge is 0.420 e. The average Bonchev–Trinajstić information content (AvgIpc) is 3.00. The fraction of sp³-hybridized carbons (Fsp3) is 0.324. The normalized spacial score (nSPS) is 13.7. The summed E-state index contributed by atoms with van der Waals surface area (Å²) in [6.45, 7) is 14.3. The van der Waals surface area contributed by atoms with Crippen LogP contribution in [0.1, 0.15) is 30.5 Å². The van der Waals surface area contributed by atoms with E-state index in [4.69, 9.17) is 32.9 Å². The lowest BCUT2D eigenvalue weighted by atomic mass is 9.97. The summed E-state index contributed by atoms with van der Waals surface area (Å²) in [7, 11) is 1.40. The quantitative estimate of drug-likeness (QED) is 0.215. The third kappa shape index (κ3) is 7.32. The fourth-order valence-corrected chi connectivity index (χ4v) is 5.82. The van der Waals surface area contributed by atoms with Crippen LogP contribution >= 0.6 is 23.2 Å². The molecule has 2 heterocycles. The Morgan fingerprint density at radius 2 is 1.69 bits per heavy atom. The molecule has 5 rings (SSSR count). The van der Waals surface area contributed by atoms with Gasteiger partial charge in [0.25, 0.3) is 0 Å². The van der Waals surface area contributed by atoms with Gasteiger partial charge < -0.3 is 15.0 Å². The monoisotopic (exact) mass is 650 g/mol. The molecule has 1 aliphatic rings. The number of rotatable bonds is 7. The first-order valence-electron chi connectivity index (χ1n) is 14.8. The Labute approximate surface area is 273 Å². The highest BCUT2D eigenvalue weighted by Crippen LogP contribution is 2.33. The van der Waals surface area contributed by atoms with Gasteiger partial charge in [-0.3, -0.25) is 9.80 Å². The number of aromatic nitrogens is 2. The molecule has 0 aliphatic carbocycles. The van der Waals surface area contributed by atoms with E-state index >= 15 is 0 Å². The van der Waals surface area contributed by atoms with Gasteiger partial charge in [-0.1, -0.05) is 35.3 Å². The molecule has 236 valence electrons. The van der Waals surface area contributed by atoms with E-state index < -0.39 is 11.9 Å². The second-order valence-corrected chi connectivity index (χ2v) is 12.4. The van der Waals surface area contributed by atoms with Gasteiger partial charge in [-0.2, -0.15) is 4.98 Å². The number of anilines is 4. The van der Waals surface area contributed by atoms with Crippen molar-refractivity contribution in [1.29, 1.82) is 0 Å². The average molecular weight is 652 g/mol. The molecule has 1 aliphatic heterocycles. The van der Waals surface area contributed by atoms with Gasteiger partial charge in [-0.05, 0) is 87.7 Å². The number of benzene rings is 3. The minimum atomic E-state index is -0.839. The van der Waals surface area contributed by atoms with Crippen molar-refractivity contribution in [3.63, 3.8) is 0 Å². The minimum Gasteiger partial charge on any atom is -0.391 e. The smallest absolute Gasteiger partial charge is 0.391 e. The predicted octanol–water partition coefficient (Wildman–Crippen LogP) is 8.42. The molecule has 8 nitrogen and oxygen atoms in total. The molecule has 1 saturated heterocycles. The highest BCUT2D eigenvalue weighted by atomic mass is 35.5. The fourth-order valence-electron chi connectivity index (χ4n) is 5.35. The van der Waals surface area contributed by atoms with E-state index in [-0.39, 0.29) is 22.5 Å². The lowest BCUT2D eigenvalue weighted by molar-refractivity contribution is 0.207. The van der Waals surface area contributed by atoms with Crippen LogP contribution in [-0.2, 0) is 0 Å². The second kappa shape index (κ2) is 13.6. The van der Waals surface area contributed by atoms with E-state index in [2.05, 4.69) is 47.8 Å². The molecule has 0 unspecified atom stereocenters. The summed E-state index contributed by atoms with van der Waals surface area (Å²) in [5.74, 6) is -0.415. The van der Waals surface area contributed by atoms with Crippen molar-refractivity contribution in [3.05, 3.63) is 87.2 Å². The first-order valence-corrected chi connectivity index (χ1v) is 15.6. The molecule has 3 aromatic carbocycles. The Morgan fingerprint density at radius 1 is 0.956 bits per heavy atom. The van der Waals surface area contributed by atoms with Crippen molar-refractivity contribution in [3.8, 4) is 17.1 Å². The SMILES string of the molecule is Cc1ccc(-c2cc(OC(=O)N(C)c3cc(Cl)ccc3F)nc(Nc3ccc(N4CCN(C(C)C)CC4)c(Cl)c3)n2)c(C)c1C. The van der Waals surface area contributed by atoms with Crippen molar-refractivity contribution < 1.29 is 13.9 Å². The minimum absolute atomic E-state index is 0.00912. The van der Waals surface area contributed by atoms with Crippen molar-refractivity contribution in [2.75, 3.05) is 48.3 Å². The maximum atomic E-state index is 14.5. The van der Waals surface area contributed by atoms with E-state index in [1.54, 1.807) is 6.07 Å². The van der Waals surface area contributed by atoms with Crippen LogP contribution in [0.2, 0.25) is 10.0 Å². The standard InChI is InChI=1S/C34H37Cl2FN6O2/c1-20(2)42-13-15-43(16-14-42)30-12-9-25(18-27(30)36)38-33-39-29(26-10-7-21(3)22(4)23(26)5)19-32(40-33)45-34(44)41(6)31-17-24(35)8-11-28(31)37/h7-12,17-20H,13-16H2,1-6H3,(H,38,39,40). The number of amides is 1. The number of carbonyl (C=O) groups is 1. The zero-order valence-electron chi connectivity index (χ0n) is 26.3. The predicted molar refractivity (Wildman–Crippen MR) is 181 cm³/mol. The Bertz CT molecular complexity index is 1730. The summed E-state index contributed by atoms with van der Waals surface area (Å²) in [4.78, 5) is 28.2. The van der Waals surface area contributed by atoms with Gasteiger partial charge in [0.05, 0.1) is 22.1 Å². The van der Waals surface area contributed by atoms with E-state index in [1.807, 2.05) is 37.3 Å². The van der Waals surface area contributed by atoms with Crippen LogP contribution in [-0.4, -0.2) is 60.2 Å². The number of aryl methyl sites for hydroxylation is 1. The third-order valence-electron chi connectivity index (χ3n) is 8.36. The first-order chi connectivity index (χ1) is 21.4. The van der Waals surface area contributed by atoms with Gasteiger partial charge in [-0.25, -0.2) is 14.2 Å². The molecule has 1 N–H and O–H groups in total. The number of hydrogen-bond donors (Lipinski definition) is 1. The highest BCUT2D eigenvalue weighted by Gasteiger charge is 2.22. The molecule has 4 aromatic rings. The topological polar surface area (TPSA) is 73.8 Å². The summed E-state index contributed by atoms with van der Waals surface area (Å²) in [5.41, 5.74) is 6.37. The zero-order valence-corrected chi connectivity index (χ0v) is 27.8. The number of carbonyl (C=O) groups excluding carboxylic acids is 1. The third-order valence-corrected chi connectivity index (χ3v) is 8.90. The second-order valence-electron chi connectivity index (χ2n) is 11.5. The molecular weight excluding hydrogens is 614 g/mol. The lowest BCUT2D eigenvalue weighted by Crippen LogP contribution is -2.49.